The number of aliphatic hydroxyl groups is 2. The normalized spacial score (nSPS) is 19.9. The van der Waals surface area contributed by atoms with Crippen LogP contribution in [0.1, 0.15) is 16.8 Å². The molecule has 0 spiro atoms. The first-order chi connectivity index (χ1) is 12.6. The molecule has 26 heavy (non-hydrogen) atoms. The number of nitrogens with zero attached hydrogens (tertiary/aromatic N) is 1. The van der Waals surface area contributed by atoms with E-state index in [0.717, 1.165) is 5.75 Å². The summed E-state index contributed by atoms with van der Waals surface area (Å²) in [5.74, 6) is 1.78. The average Bonchev–Trinajstić information content (AvgIpc) is 2.68. The lowest BCUT2D eigenvalue weighted by molar-refractivity contribution is 0.000875. The molecule has 1 fully saturated rings. The number of carbonyl (C=O) groups is 1. The number of benzene rings is 2. The van der Waals surface area contributed by atoms with Crippen LogP contribution in [0, 0.1) is 5.92 Å². The van der Waals surface area contributed by atoms with Gasteiger partial charge in [0.25, 0.3) is 5.91 Å². The highest BCUT2D eigenvalue weighted by Gasteiger charge is 2.30. The summed E-state index contributed by atoms with van der Waals surface area (Å²) in [5, 5.41) is 19.2. The van der Waals surface area contributed by atoms with Crippen molar-refractivity contribution in [3.05, 3.63) is 54.1 Å². The molecule has 6 nitrogen and oxygen atoms in total. The van der Waals surface area contributed by atoms with Gasteiger partial charge in [-0.2, -0.15) is 0 Å². The van der Waals surface area contributed by atoms with Crippen molar-refractivity contribution in [3.63, 3.8) is 0 Å². The Balaban J connectivity index is 1.62. The molecule has 2 atom stereocenters. The fourth-order valence-corrected chi connectivity index (χ4v) is 3.01. The van der Waals surface area contributed by atoms with Crippen molar-refractivity contribution in [2.24, 2.45) is 5.92 Å². The zero-order chi connectivity index (χ0) is 18.5. The van der Waals surface area contributed by atoms with Crippen molar-refractivity contribution in [1.29, 1.82) is 0 Å². The Kier molecular flexibility index (Phi) is 5.75. The molecule has 0 aliphatic carbocycles. The molecule has 0 bridgehead atoms. The zero-order valence-electron chi connectivity index (χ0n) is 14.7. The number of likely N-dealkylation sites (tertiary alicyclic amines) is 1. The second-order valence-electron chi connectivity index (χ2n) is 6.35. The molecule has 1 aliphatic rings. The summed E-state index contributed by atoms with van der Waals surface area (Å²) in [7, 11) is 1.61. The van der Waals surface area contributed by atoms with Crippen LogP contribution < -0.4 is 9.47 Å². The summed E-state index contributed by atoms with van der Waals surface area (Å²) in [6.45, 7) is 0.722. The third kappa shape index (κ3) is 4.15. The fraction of sp³-hybridized carbons (Fsp3) is 0.350. The van der Waals surface area contributed by atoms with Crippen LogP contribution in [-0.2, 0) is 0 Å². The summed E-state index contributed by atoms with van der Waals surface area (Å²) >= 11 is 0. The van der Waals surface area contributed by atoms with E-state index >= 15 is 0 Å². The number of piperidine rings is 1. The number of methoxy groups -OCH3 is 1. The van der Waals surface area contributed by atoms with E-state index in [2.05, 4.69) is 0 Å². The molecule has 0 saturated carbocycles. The molecule has 1 saturated heterocycles. The number of ether oxygens (including phenoxy) is 2. The van der Waals surface area contributed by atoms with Crippen LogP contribution in [0.2, 0.25) is 0 Å². The highest BCUT2D eigenvalue weighted by atomic mass is 16.5. The average molecular weight is 357 g/mol. The van der Waals surface area contributed by atoms with Gasteiger partial charge in [-0.25, -0.2) is 0 Å². The standard InChI is InChI=1S/C20H23NO5/c1-25-16-6-8-18(9-7-16)26-17-4-2-14(3-5-17)20(24)21-11-10-15(13-22)19(23)12-21/h2-9,15,19,22-23H,10-13H2,1H3/t15-,19-/m1/s1. The molecular formula is C20H23NO5. The molecule has 1 amide bonds. The SMILES string of the molecule is COc1ccc(Oc2ccc(C(=O)N3CC[C@H](CO)[C@H](O)C3)cc2)cc1. The van der Waals surface area contributed by atoms with Gasteiger partial charge < -0.3 is 24.6 Å². The third-order valence-electron chi connectivity index (χ3n) is 4.64. The predicted octanol–water partition coefficient (Wildman–Crippen LogP) is 2.30. The Morgan fingerprint density at radius 3 is 2.19 bits per heavy atom. The molecule has 1 aliphatic heterocycles. The molecule has 2 N–H and O–H groups in total. The van der Waals surface area contributed by atoms with Gasteiger partial charge >= 0.3 is 0 Å². The maximum atomic E-state index is 12.6. The fourth-order valence-electron chi connectivity index (χ4n) is 3.01. The van der Waals surface area contributed by atoms with Crippen molar-refractivity contribution in [2.75, 3.05) is 26.8 Å². The third-order valence-corrected chi connectivity index (χ3v) is 4.64. The number of aliphatic hydroxyl groups excluding tert-OH is 2. The van der Waals surface area contributed by atoms with E-state index in [-0.39, 0.29) is 25.0 Å². The van der Waals surface area contributed by atoms with Crippen molar-refractivity contribution in [2.45, 2.75) is 12.5 Å². The highest BCUT2D eigenvalue weighted by molar-refractivity contribution is 5.94. The second kappa shape index (κ2) is 8.21. The monoisotopic (exact) mass is 357 g/mol. The van der Waals surface area contributed by atoms with Gasteiger partial charge in [-0.15, -0.1) is 0 Å². The van der Waals surface area contributed by atoms with E-state index in [9.17, 15) is 15.0 Å². The summed E-state index contributed by atoms with van der Waals surface area (Å²) < 4.78 is 10.9. The second-order valence-corrected chi connectivity index (χ2v) is 6.35. The van der Waals surface area contributed by atoms with Gasteiger partial charge in [-0.3, -0.25) is 4.79 Å². The Morgan fingerprint density at radius 2 is 1.65 bits per heavy atom. The van der Waals surface area contributed by atoms with Gasteiger partial charge in [0.2, 0.25) is 0 Å². The lowest BCUT2D eigenvalue weighted by Crippen LogP contribution is -2.47. The minimum absolute atomic E-state index is 0.0550. The molecular weight excluding hydrogens is 334 g/mol. The molecule has 2 aromatic carbocycles. The number of hydrogen-bond acceptors (Lipinski definition) is 5. The lowest BCUT2D eigenvalue weighted by atomic mass is 9.94. The van der Waals surface area contributed by atoms with Gasteiger partial charge in [-0.05, 0) is 55.0 Å². The summed E-state index contributed by atoms with van der Waals surface area (Å²) in [6.07, 6.45) is -0.0856. The van der Waals surface area contributed by atoms with Crippen LogP contribution in [0.25, 0.3) is 0 Å². The Labute approximate surface area is 152 Å². The minimum atomic E-state index is -0.685. The highest BCUT2D eigenvalue weighted by Crippen LogP contribution is 2.25. The molecule has 138 valence electrons. The van der Waals surface area contributed by atoms with Gasteiger partial charge in [0.05, 0.1) is 13.2 Å². The van der Waals surface area contributed by atoms with Crippen LogP contribution in [0.4, 0.5) is 0 Å². The van der Waals surface area contributed by atoms with Crippen LogP contribution in [-0.4, -0.2) is 53.9 Å². The van der Waals surface area contributed by atoms with E-state index in [1.54, 1.807) is 36.3 Å². The van der Waals surface area contributed by atoms with Gasteiger partial charge in [0.15, 0.2) is 0 Å². The van der Waals surface area contributed by atoms with Crippen LogP contribution in [0.15, 0.2) is 48.5 Å². The smallest absolute Gasteiger partial charge is 0.253 e. The van der Waals surface area contributed by atoms with Crippen molar-refractivity contribution in [3.8, 4) is 17.2 Å². The number of carbonyl (C=O) groups excluding carboxylic acids is 1. The number of rotatable bonds is 5. The van der Waals surface area contributed by atoms with E-state index in [4.69, 9.17) is 9.47 Å². The first-order valence-electron chi connectivity index (χ1n) is 8.61. The summed E-state index contributed by atoms with van der Waals surface area (Å²) in [6, 6.07) is 14.2. The first-order valence-corrected chi connectivity index (χ1v) is 8.61. The van der Waals surface area contributed by atoms with Crippen molar-refractivity contribution < 1.29 is 24.5 Å². The van der Waals surface area contributed by atoms with Gasteiger partial charge in [0.1, 0.15) is 17.2 Å². The molecule has 0 unspecified atom stereocenters. The number of β-amino-alcohol motifs (C(OH)–C–C–N with tert-alkyl or cyclic N) is 1. The van der Waals surface area contributed by atoms with E-state index in [1.807, 2.05) is 24.3 Å². The molecule has 0 aromatic heterocycles. The van der Waals surface area contributed by atoms with E-state index in [1.165, 1.54) is 0 Å². The number of hydrogen-bond donors (Lipinski definition) is 2. The topological polar surface area (TPSA) is 79.2 Å². The van der Waals surface area contributed by atoms with Crippen molar-refractivity contribution in [1.82, 2.24) is 4.90 Å². The largest absolute Gasteiger partial charge is 0.497 e. The molecule has 2 aromatic rings. The molecule has 3 rings (SSSR count). The lowest BCUT2D eigenvalue weighted by Gasteiger charge is -2.35. The van der Waals surface area contributed by atoms with E-state index < -0.39 is 6.10 Å². The van der Waals surface area contributed by atoms with Crippen LogP contribution in [0.5, 0.6) is 17.2 Å². The van der Waals surface area contributed by atoms with Gasteiger partial charge in [-0.1, -0.05) is 0 Å². The Morgan fingerprint density at radius 1 is 1.08 bits per heavy atom. The van der Waals surface area contributed by atoms with Gasteiger partial charge in [0, 0.05) is 31.2 Å². The van der Waals surface area contributed by atoms with Crippen molar-refractivity contribution >= 4 is 5.91 Å². The summed E-state index contributed by atoms with van der Waals surface area (Å²) in [5.41, 5.74) is 0.543. The quantitative estimate of drug-likeness (QED) is 0.858. The predicted molar refractivity (Wildman–Crippen MR) is 96.6 cm³/mol. The Bertz CT molecular complexity index is 729. The molecule has 1 heterocycles. The maximum Gasteiger partial charge on any atom is 0.253 e. The summed E-state index contributed by atoms with van der Waals surface area (Å²) in [4.78, 5) is 14.2. The zero-order valence-corrected chi connectivity index (χ0v) is 14.7. The molecule has 0 radical (unpaired) electrons. The van der Waals surface area contributed by atoms with E-state index in [0.29, 0.717) is 30.0 Å². The number of amides is 1. The first kappa shape index (κ1) is 18.2. The molecule has 6 heteroatoms. The van der Waals surface area contributed by atoms with Crippen LogP contribution >= 0.6 is 0 Å². The minimum Gasteiger partial charge on any atom is -0.497 e. The van der Waals surface area contributed by atoms with Crippen LogP contribution in [0.3, 0.4) is 0 Å². The maximum absolute atomic E-state index is 12.6. The Hall–Kier alpha value is -2.57.